The Morgan fingerprint density at radius 3 is 2.83 bits per heavy atom. The fourth-order valence-corrected chi connectivity index (χ4v) is 3.07. The van der Waals surface area contributed by atoms with E-state index in [1.54, 1.807) is 16.8 Å². The molecule has 0 fully saturated rings. The van der Waals surface area contributed by atoms with Gasteiger partial charge in [0.05, 0.1) is 11.6 Å². The van der Waals surface area contributed by atoms with E-state index in [0.717, 1.165) is 16.8 Å². The number of benzene rings is 2. The molecule has 0 saturated heterocycles. The van der Waals surface area contributed by atoms with E-state index >= 15 is 0 Å². The Labute approximate surface area is 138 Å². The Balaban J connectivity index is 1.56. The van der Waals surface area contributed by atoms with Gasteiger partial charge in [-0.3, -0.25) is 9.59 Å². The van der Waals surface area contributed by atoms with Crippen LogP contribution in [-0.2, 0) is 11.3 Å². The molecule has 0 radical (unpaired) electrons. The standard InChI is InChI=1S/C19H16N2O3/c22-17-9-10-21(16-7-3-1-6-14(16)17)11-19(23)20-15-12-24-18-8-4-2-5-13(15)18/h1-10,15H,11-12H2,(H,20,23)/t15-/m1/s1. The van der Waals surface area contributed by atoms with Crippen LogP contribution in [0.25, 0.3) is 10.9 Å². The number of pyridine rings is 1. The van der Waals surface area contributed by atoms with Gasteiger partial charge in [0.2, 0.25) is 5.91 Å². The van der Waals surface area contributed by atoms with Crippen LogP contribution in [0.2, 0.25) is 0 Å². The molecule has 0 unspecified atom stereocenters. The van der Waals surface area contributed by atoms with Gasteiger partial charge in [0.25, 0.3) is 0 Å². The lowest BCUT2D eigenvalue weighted by Gasteiger charge is -2.14. The lowest BCUT2D eigenvalue weighted by Crippen LogP contribution is -2.32. The molecule has 1 atom stereocenters. The van der Waals surface area contributed by atoms with Crippen molar-refractivity contribution in [1.82, 2.24) is 9.88 Å². The van der Waals surface area contributed by atoms with Crippen molar-refractivity contribution in [3.63, 3.8) is 0 Å². The molecule has 5 nitrogen and oxygen atoms in total. The van der Waals surface area contributed by atoms with Gasteiger partial charge in [-0.1, -0.05) is 30.3 Å². The summed E-state index contributed by atoms with van der Waals surface area (Å²) >= 11 is 0. The molecular formula is C19H16N2O3. The molecule has 4 rings (SSSR count). The summed E-state index contributed by atoms with van der Waals surface area (Å²) in [5.41, 5.74) is 1.71. The Bertz CT molecular complexity index is 978. The number of carbonyl (C=O) groups excluding carboxylic acids is 1. The van der Waals surface area contributed by atoms with E-state index < -0.39 is 0 Å². The fraction of sp³-hybridized carbons (Fsp3) is 0.158. The fourth-order valence-electron chi connectivity index (χ4n) is 3.07. The van der Waals surface area contributed by atoms with Gasteiger partial charge in [0.15, 0.2) is 5.43 Å². The minimum atomic E-state index is -0.139. The molecular weight excluding hydrogens is 304 g/mol. The predicted octanol–water partition coefficient (Wildman–Crippen LogP) is 2.25. The lowest BCUT2D eigenvalue weighted by atomic mass is 10.1. The van der Waals surface area contributed by atoms with Crippen molar-refractivity contribution in [2.45, 2.75) is 12.6 Å². The van der Waals surface area contributed by atoms with E-state index in [4.69, 9.17) is 4.74 Å². The van der Waals surface area contributed by atoms with Crippen molar-refractivity contribution in [3.05, 3.63) is 76.6 Å². The third-order valence-electron chi connectivity index (χ3n) is 4.23. The highest BCUT2D eigenvalue weighted by molar-refractivity contribution is 5.82. The van der Waals surface area contributed by atoms with Crippen LogP contribution < -0.4 is 15.5 Å². The Hall–Kier alpha value is -3.08. The number of amides is 1. The quantitative estimate of drug-likeness (QED) is 0.805. The van der Waals surface area contributed by atoms with Crippen molar-refractivity contribution in [3.8, 4) is 5.75 Å². The van der Waals surface area contributed by atoms with Crippen molar-refractivity contribution >= 4 is 16.8 Å². The number of ether oxygens (including phenoxy) is 1. The molecule has 2 aromatic carbocycles. The van der Waals surface area contributed by atoms with Crippen LogP contribution in [0.1, 0.15) is 11.6 Å². The number of hydrogen-bond acceptors (Lipinski definition) is 3. The summed E-state index contributed by atoms with van der Waals surface area (Å²) in [5, 5.41) is 3.61. The van der Waals surface area contributed by atoms with Gasteiger partial charge in [-0.2, -0.15) is 0 Å². The largest absolute Gasteiger partial charge is 0.491 e. The molecule has 1 amide bonds. The van der Waals surface area contributed by atoms with E-state index in [1.165, 1.54) is 6.07 Å². The van der Waals surface area contributed by atoms with E-state index in [-0.39, 0.29) is 23.9 Å². The molecule has 0 spiro atoms. The van der Waals surface area contributed by atoms with E-state index in [1.807, 2.05) is 42.5 Å². The first kappa shape index (κ1) is 14.5. The molecule has 1 N–H and O–H groups in total. The smallest absolute Gasteiger partial charge is 0.240 e. The molecule has 1 aliphatic rings. The van der Waals surface area contributed by atoms with E-state index in [2.05, 4.69) is 5.32 Å². The minimum absolute atomic E-state index is 0.0413. The molecule has 3 aromatic rings. The zero-order valence-electron chi connectivity index (χ0n) is 12.9. The van der Waals surface area contributed by atoms with Crippen LogP contribution in [0.15, 0.2) is 65.6 Å². The second kappa shape index (κ2) is 5.85. The second-order valence-electron chi connectivity index (χ2n) is 5.79. The number of nitrogens with one attached hydrogen (secondary N) is 1. The number of aromatic nitrogens is 1. The Kier molecular flexibility index (Phi) is 3.54. The van der Waals surface area contributed by atoms with Crippen LogP contribution in [0.4, 0.5) is 0 Å². The maximum atomic E-state index is 12.4. The molecule has 1 aliphatic heterocycles. The number of nitrogens with zero attached hydrogens (tertiary/aromatic N) is 1. The van der Waals surface area contributed by atoms with Crippen molar-refractivity contribution in [2.75, 3.05) is 6.61 Å². The number of fused-ring (bicyclic) bond motifs is 2. The van der Waals surface area contributed by atoms with Crippen LogP contribution in [0.5, 0.6) is 5.75 Å². The van der Waals surface area contributed by atoms with Crippen LogP contribution in [0.3, 0.4) is 0 Å². The molecule has 24 heavy (non-hydrogen) atoms. The van der Waals surface area contributed by atoms with Gasteiger partial charge in [0, 0.05) is 23.2 Å². The average molecular weight is 320 g/mol. The highest BCUT2D eigenvalue weighted by Gasteiger charge is 2.25. The highest BCUT2D eigenvalue weighted by atomic mass is 16.5. The molecule has 2 heterocycles. The van der Waals surface area contributed by atoms with Gasteiger partial charge < -0.3 is 14.6 Å². The van der Waals surface area contributed by atoms with Gasteiger partial charge in [-0.05, 0) is 18.2 Å². The normalized spacial score (nSPS) is 15.8. The molecule has 0 bridgehead atoms. The van der Waals surface area contributed by atoms with Crippen molar-refractivity contribution < 1.29 is 9.53 Å². The van der Waals surface area contributed by atoms with E-state index in [0.29, 0.717) is 12.0 Å². The van der Waals surface area contributed by atoms with Gasteiger partial charge >= 0.3 is 0 Å². The first-order valence-corrected chi connectivity index (χ1v) is 7.81. The Morgan fingerprint density at radius 2 is 1.92 bits per heavy atom. The number of rotatable bonds is 3. The number of hydrogen-bond donors (Lipinski definition) is 1. The van der Waals surface area contributed by atoms with Gasteiger partial charge in [0.1, 0.15) is 18.9 Å². The predicted molar refractivity (Wildman–Crippen MR) is 91.0 cm³/mol. The van der Waals surface area contributed by atoms with Crippen molar-refractivity contribution in [1.29, 1.82) is 0 Å². The summed E-state index contributed by atoms with van der Waals surface area (Å²) in [4.78, 5) is 24.3. The summed E-state index contributed by atoms with van der Waals surface area (Å²) in [6.45, 7) is 0.593. The third-order valence-corrected chi connectivity index (χ3v) is 4.23. The molecule has 120 valence electrons. The zero-order valence-corrected chi connectivity index (χ0v) is 12.9. The summed E-state index contributed by atoms with van der Waals surface area (Å²) in [5.74, 6) is 0.700. The zero-order chi connectivity index (χ0) is 16.5. The summed E-state index contributed by atoms with van der Waals surface area (Å²) in [6, 6.07) is 16.3. The maximum Gasteiger partial charge on any atom is 0.240 e. The van der Waals surface area contributed by atoms with Crippen LogP contribution in [0, 0.1) is 0 Å². The van der Waals surface area contributed by atoms with E-state index in [9.17, 15) is 9.59 Å². The first-order valence-electron chi connectivity index (χ1n) is 7.81. The minimum Gasteiger partial charge on any atom is -0.491 e. The van der Waals surface area contributed by atoms with Gasteiger partial charge in [-0.15, -0.1) is 0 Å². The SMILES string of the molecule is O=C(Cn1ccc(=O)c2ccccc21)N[C@@H]1COc2ccccc21. The van der Waals surface area contributed by atoms with Crippen LogP contribution in [-0.4, -0.2) is 17.1 Å². The molecule has 1 aromatic heterocycles. The summed E-state index contributed by atoms with van der Waals surface area (Å²) in [7, 11) is 0. The highest BCUT2D eigenvalue weighted by Crippen LogP contribution is 2.31. The Morgan fingerprint density at radius 1 is 1.12 bits per heavy atom. The maximum absolute atomic E-state index is 12.4. The molecule has 0 saturated carbocycles. The summed E-state index contributed by atoms with van der Waals surface area (Å²) in [6.07, 6.45) is 1.66. The second-order valence-corrected chi connectivity index (χ2v) is 5.79. The monoisotopic (exact) mass is 320 g/mol. The van der Waals surface area contributed by atoms with Gasteiger partial charge in [-0.25, -0.2) is 0 Å². The molecule has 0 aliphatic carbocycles. The average Bonchev–Trinajstić information content (AvgIpc) is 3.01. The third kappa shape index (κ3) is 2.54. The van der Waals surface area contributed by atoms with Crippen LogP contribution >= 0.6 is 0 Å². The topological polar surface area (TPSA) is 60.3 Å². The number of carbonyl (C=O) groups is 1. The lowest BCUT2D eigenvalue weighted by molar-refractivity contribution is -0.122. The van der Waals surface area contributed by atoms with Crippen molar-refractivity contribution in [2.24, 2.45) is 0 Å². The molecule has 5 heteroatoms. The summed E-state index contributed by atoms with van der Waals surface area (Å²) < 4.78 is 7.37. The number of para-hydroxylation sites is 2. The first-order chi connectivity index (χ1) is 11.7.